The quantitative estimate of drug-likeness (QED) is 0.572. The van der Waals surface area contributed by atoms with Crippen molar-refractivity contribution >= 4 is 22.8 Å². The van der Waals surface area contributed by atoms with Gasteiger partial charge in [-0.2, -0.15) is 0 Å². The number of nitrogens with one attached hydrogen (secondary N) is 1. The van der Waals surface area contributed by atoms with Gasteiger partial charge in [0.25, 0.3) is 0 Å². The Kier molecular flexibility index (Phi) is 2.90. The van der Waals surface area contributed by atoms with Crippen molar-refractivity contribution in [1.29, 1.82) is 0 Å². The van der Waals surface area contributed by atoms with Gasteiger partial charge in [0, 0.05) is 5.75 Å². The Morgan fingerprint density at radius 2 is 2.55 bits per heavy atom. The highest BCUT2D eigenvalue weighted by atomic mass is 32.2. The summed E-state index contributed by atoms with van der Waals surface area (Å²) in [7, 11) is 0. The molecule has 0 spiro atoms. The maximum atomic E-state index is 10.9. The van der Waals surface area contributed by atoms with Crippen LogP contribution in [0.15, 0.2) is 0 Å². The Labute approximate surface area is 68.3 Å². The van der Waals surface area contributed by atoms with E-state index in [-0.39, 0.29) is 11.2 Å². The van der Waals surface area contributed by atoms with Gasteiger partial charge in [0.1, 0.15) is 6.61 Å². The van der Waals surface area contributed by atoms with Crippen molar-refractivity contribution in [1.82, 2.24) is 5.32 Å². The van der Waals surface area contributed by atoms with E-state index in [1.54, 1.807) is 0 Å². The first-order valence-corrected chi connectivity index (χ1v) is 4.29. The normalized spacial score (nSPS) is 23.7. The predicted molar refractivity (Wildman–Crippen MR) is 41.1 cm³/mol. The van der Waals surface area contributed by atoms with Crippen LogP contribution in [0.2, 0.25) is 0 Å². The van der Waals surface area contributed by atoms with Gasteiger partial charge in [-0.15, -0.1) is 0 Å². The lowest BCUT2D eigenvalue weighted by molar-refractivity contribution is -0.126. The number of rotatable bonds is 2. The second-order valence-corrected chi connectivity index (χ2v) is 3.33. The largest absolute Gasteiger partial charge is 0.387 e. The standard InChI is InChI=1S/C6H9NO3S/c8-3-5(9)7-4-1-2-11-6(4)10/h4,8H,1-3H2,(H,7,9). The van der Waals surface area contributed by atoms with Crippen LogP contribution in [0.1, 0.15) is 6.42 Å². The third-order valence-corrected chi connectivity index (χ3v) is 2.42. The summed E-state index contributed by atoms with van der Waals surface area (Å²) in [5.74, 6) is 0.278. The Balaban J connectivity index is 2.36. The second kappa shape index (κ2) is 3.73. The minimum atomic E-state index is -0.547. The first-order valence-electron chi connectivity index (χ1n) is 3.31. The van der Waals surface area contributed by atoms with Crippen LogP contribution in [-0.2, 0) is 9.59 Å². The summed E-state index contributed by atoms with van der Waals surface area (Å²) in [5, 5.41) is 10.8. The highest BCUT2D eigenvalue weighted by Crippen LogP contribution is 2.18. The zero-order valence-electron chi connectivity index (χ0n) is 5.87. The van der Waals surface area contributed by atoms with Crippen molar-refractivity contribution < 1.29 is 14.7 Å². The van der Waals surface area contributed by atoms with Crippen molar-refractivity contribution in [2.45, 2.75) is 12.5 Å². The molecule has 1 fully saturated rings. The number of aliphatic hydroxyl groups is 1. The van der Waals surface area contributed by atoms with Gasteiger partial charge >= 0.3 is 0 Å². The van der Waals surface area contributed by atoms with Crippen molar-refractivity contribution in [3.8, 4) is 0 Å². The van der Waals surface area contributed by atoms with E-state index in [0.29, 0.717) is 6.42 Å². The molecule has 0 saturated carbocycles. The molecule has 1 saturated heterocycles. The van der Waals surface area contributed by atoms with Gasteiger partial charge in [0.15, 0.2) is 0 Å². The molecule has 1 atom stereocenters. The number of amides is 1. The van der Waals surface area contributed by atoms with Gasteiger partial charge < -0.3 is 10.4 Å². The van der Waals surface area contributed by atoms with Crippen molar-refractivity contribution in [3.05, 3.63) is 0 Å². The molecule has 11 heavy (non-hydrogen) atoms. The van der Waals surface area contributed by atoms with E-state index in [2.05, 4.69) is 5.32 Å². The maximum Gasteiger partial charge on any atom is 0.246 e. The van der Waals surface area contributed by atoms with Crippen LogP contribution in [-0.4, -0.2) is 34.5 Å². The molecule has 1 unspecified atom stereocenters. The SMILES string of the molecule is O=C(CO)NC1CCSC1=O. The van der Waals surface area contributed by atoms with E-state index in [1.165, 1.54) is 11.8 Å². The average molecular weight is 175 g/mol. The molecule has 1 amide bonds. The highest BCUT2D eigenvalue weighted by molar-refractivity contribution is 8.14. The molecular weight excluding hydrogens is 166 g/mol. The van der Waals surface area contributed by atoms with Gasteiger partial charge in [-0.25, -0.2) is 0 Å². The molecule has 0 aromatic carbocycles. The van der Waals surface area contributed by atoms with Crippen LogP contribution in [0, 0.1) is 0 Å². The summed E-state index contributed by atoms with van der Waals surface area (Å²) in [6.07, 6.45) is 0.676. The molecule has 1 aliphatic heterocycles. The summed E-state index contributed by atoms with van der Waals surface area (Å²) >= 11 is 1.22. The number of carbonyl (C=O) groups excluding carboxylic acids is 2. The summed E-state index contributed by atoms with van der Waals surface area (Å²) in [4.78, 5) is 21.5. The van der Waals surface area contributed by atoms with E-state index in [1.807, 2.05) is 0 Å². The van der Waals surface area contributed by atoms with E-state index in [9.17, 15) is 9.59 Å². The number of thioether (sulfide) groups is 1. The summed E-state index contributed by atoms with van der Waals surface area (Å²) in [5.41, 5.74) is 0. The fourth-order valence-electron chi connectivity index (χ4n) is 0.867. The molecule has 2 N–H and O–H groups in total. The van der Waals surface area contributed by atoms with Gasteiger partial charge in [-0.3, -0.25) is 9.59 Å². The van der Waals surface area contributed by atoms with Gasteiger partial charge in [0.2, 0.25) is 11.0 Å². The van der Waals surface area contributed by atoms with Crippen LogP contribution in [0.5, 0.6) is 0 Å². The first kappa shape index (κ1) is 8.55. The third-order valence-electron chi connectivity index (χ3n) is 1.41. The monoisotopic (exact) mass is 175 g/mol. The van der Waals surface area contributed by atoms with E-state index in [4.69, 9.17) is 5.11 Å². The maximum absolute atomic E-state index is 10.9. The molecule has 62 valence electrons. The fraction of sp³-hybridized carbons (Fsp3) is 0.667. The number of hydrogen-bond donors (Lipinski definition) is 2. The molecule has 5 heteroatoms. The van der Waals surface area contributed by atoms with E-state index >= 15 is 0 Å². The highest BCUT2D eigenvalue weighted by Gasteiger charge is 2.26. The Morgan fingerprint density at radius 3 is 3.00 bits per heavy atom. The minimum Gasteiger partial charge on any atom is -0.387 e. The van der Waals surface area contributed by atoms with Gasteiger partial charge in [-0.1, -0.05) is 11.8 Å². The molecule has 0 aliphatic carbocycles. The molecule has 0 bridgehead atoms. The van der Waals surface area contributed by atoms with Crippen LogP contribution in [0.3, 0.4) is 0 Å². The summed E-state index contributed by atoms with van der Waals surface area (Å²) in [6.45, 7) is -0.547. The molecule has 1 heterocycles. The van der Waals surface area contributed by atoms with Crippen LogP contribution in [0.4, 0.5) is 0 Å². The smallest absolute Gasteiger partial charge is 0.246 e. The van der Waals surface area contributed by atoms with Crippen molar-refractivity contribution in [2.75, 3.05) is 12.4 Å². The third kappa shape index (κ3) is 2.20. The predicted octanol–water partition coefficient (Wildman–Crippen LogP) is -0.873. The molecule has 4 nitrogen and oxygen atoms in total. The van der Waals surface area contributed by atoms with Crippen molar-refractivity contribution in [3.63, 3.8) is 0 Å². The lowest BCUT2D eigenvalue weighted by Crippen LogP contribution is -2.38. The summed E-state index contributed by atoms with van der Waals surface area (Å²) < 4.78 is 0. The average Bonchev–Trinajstić information content (AvgIpc) is 2.37. The number of aliphatic hydroxyl groups excluding tert-OH is 1. The van der Waals surface area contributed by atoms with Gasteiger partial charge in [0.05, 0.1) is 6.04 Å². The Morgan fingerprint density at radius 1 is 1.82 bits per heavy atom. The van der Waals surface area contributed by atoms with E-state index in [0.717, 1.165) is 5.75 Å². The molecular formula is C6H9NO3S. The van der Waals surface area contributed by atoms with Crippen LogP contribution in [0.25, 0.3) is 0 Å². The fourth-order valence-corrected chi connectivity index (χ4v) is 1.80. The lowest BCUT2D eigenvalue weighted by atomic mass is 10.2. The topological polar surface area (TPSA) is 66.4 Å². The molecule has 0 radical (unpaired) electrons. The Hall–Kier alpha value is -0.550. The molecule has 1 aliphatic rings. The van der Waals surface area contributed by atoms with Gasteiger partial charge in [-0.05, 0) is 6.42 Å². The zero-order chi connectivity index (χ0) is 8.27. The first-order chi connectivity index (χ1) is 5.24. The summed E-state index contributed by atoms with van der Waals surface area (Å²) in [6, 6.07) is -0.375. The molecule has 1 rings (SSSR count). The lowest BCUT2D eigenvalue weighted by Gasteiger charge is -2.07. The van der Waals surface area contributed by atoms with E-state index < -0.39 is 12.5 Å². The second-order valence-electron chi connectivity index (χ2n) is 2.23. The molecule has 0 aromatic rings. The number of carbonyl (C=O) groups is 2. The Bertz CT molecular complexity index is 183. The molecule has 0 aromatic heterocycles. The van der Waals surface area contributed by atoms with Crippen LogP contribution < -0.4 is 5.32 Å². The van der Waals surface area contributed by atoms with Crippen molar-refractivity contribution in [2.24, 2.45) is 0 Å². The minimum absolute atomic E-state index is 0.00759. The van der Waals surface area contributed by atoms with Crippen LogP contribution >= 0.6 is 11.8 Å². The zero-order valence-corrected chi connectivity index (χ0v) is 6.69. The number of hydrogen-bond acceptors (Lipinski definition) is 4.